The van der Waals surface area contributed by atoms with E-state index in [-0.39, 0.29) is 42.4 Å². The summed E-state index contributed by atoms with van der Waals surface area (Å²) >= 11 is 0. The zero-order valence-corrected chi connectivity index (χ0v) is 26.2. The average Bonchev–Trinajstić information content (AvgIpc) is 3.63. The number of piperidine rings is 1. The Labute approximate surface area is 243 Å². The first-order valence-electron chi connectivity index (χ1n) is 15.4. The van der Waals surface area contributed by atoms with Crippen LogP contribution in [0.4, 0.5) is 0 Å². The Bertz CT molecular complexity index is 804. The molecule has 1 aliphatic carbocycles. The van der Waals surface area contributed by atoms with Crippen LogP contribution in [0.1, 0.15) is 98.8 Å². The Hall–Kier alpha value is -2.42. The number of nitrogens with zero attached hydrogens (tertiary/aromatic N) is 3. The van der Waals surface area contributed by atoms with Crippen LogP contribution >= 0.6 is 0 Å². The van der Waals surface area contributed by atoms with Gasteiger partial charge in [-0.2, -0.15) is 0 Å². The highest BCUT2D eigenvalue weighted by atomic mass is 16.5. The molecule has 0 aromatic rings. The van der Waals surface area contributed by atoms with Crippen LogP contribution < -0.4 is 5.32 Å². The molecule has 0 aromatic heterocycles. The van der Waals surface area contributed by atoms with Gasteiger partial charge in [-0.05, 0) is 84.3 Å². The molecule has 2 saturated heterocycles. The molecule has 0 unspecified atom stereocenters. The fourth-order valence-electron chi connectivity index (χ4n) is 5.28. The predicted octanol–water partition coefficient (Wildman–Crippen LogP) is 4.16. The maximum absolute atomic E-state index is 13.1. The maximum atomic E-state index is 13.1. The van der Waals surface area contributed by atoms with Gasteiger partial charge in [-0.1, -0.05) is 46.6 Å². The molecule has 2 aliphatic heterocycles. The standard InChI is InChI=1S/C22H35N3O5.C6H13N.C3H8/c1-15(2)19(24(4)20(27)13-23-14-26)12-16(3)21(28)25-11-7-10-18(25)22(29)30-17-8-5-6-9-17;1-7-5-3-2-4-6-7;1-3-2/h12,14-15,17-19H,5-11,13H2,1-4H3,(H,23,26);2-6H2,1H3;3H2,1-2H3/b16-12+;;/t18-,19+;;/m0../s1. The molecule has 40 heavy (non-hydrogen) atoms. The monoisotopic (exact) mass is 564 g/mol. The summed E-state index contributed by atoms with van der Waals surface area (Å²) in [4.78, 5) is 54.0. The number of carbonyl (C=O) groups is 4. The molecule has 3 aliphatic rings. The van der Waals surface area contributed by atoms with E-state index in [0.29, 0.717) is 24.9 Å². The van der Waals surface area contributed by atoms with Crippen LogP contribution in [-0.4, -0.2) is 97.4 Å². The van der Waals surface area contributed by atoms with Gasteiger partial charge in [0.2, 0.25) is 18.2 Å². The molecule has 230 valence electrons. The van der Waals surface area contributed by atoms with Crippen molar-refractivity contribution in [3.8, 4) is 0 Å². The number of nitrogens with one attached hydrogen (secondary N) is 1. The largest absolute Gasteiger partial charge is 0.461 e. The van der Waals surface area contributed by atoms with Gasteiger partial charge in [0.05, 0.1) is 12.6 Å². The molecule has 1 saturated carbocycles. The van der Waals surface area contributed by atoms with Gasteiger partial charge >= 0.3 is 5.97 Å². The van der Waals surface area contributed by atoms with Crippen molar-refractivity contribution in [2.75, 3.05) is 40.3 Å². The zero-order chi connectivity index (χ0) is 30.1. The lowest BCUT2D eigenvalue weighted by Crippen LogP contribution is -2.45. The SMILES string of the molecule is C/C(=C\[C@H](C(C)C)N(C)C(=O)CNC=O)C(=O)N1CCC[C@H]1C(=O)OC1CCCC1.CCC.CN1CCCCC1. The van der Waals surface area contributed by atoms with Gasteiger partial charge in [-0.15, -0.1) is 0 Å². The summed E-state index contributed by atoms with van der Waals surface area (Å²) < 4.78 is 5.64. The van der Waals surface area contributed by atoms with Crippen molar-refractivity contribution in [2.24, 2.45) is 5.92 Å². The molecule has 0 aromatic carbocycles. The van der Waals surface area contributed by atoms with Crippen LogP contribution in [0.3, 0.4) is 0 Å². The summed E-state index contributed by atoms with van der Waals surface area (Å²) in [6.45, 7) is 13.0. The van der Waals surface area contributed by atoms with E-state index in [4.69, 9.17) is 4.74 Å². The summed E-state index contributed by atoms with van der Waals surface area (Å²) in [6, 6.07) is -0.837. The fourth-order valence-corrected chi connectivity index (χ4v) is 5.28. The molecule has 0 bridgehead atoms. The van der Waals surface area contributed by atoms with Crippen molar-refractivity contribution in [3.63, 3.8) is 0 Å². The van der Waals surface area contributed by atoms with Gasteiger partial charge in [0.15, 0.2) is 0 Å². The van der Waals surface area contributed by atoms with E-state index >= 15 is 0 Å². The van der Waals surface area contributed by atoms with Gasteiger partial charge in [0.1, 0.15) is 12.1 Å². The third-order valence-electron chi connectivity index (χ3n) is 7.57. The Morgan fingerprint density at radius 1 is 0.975 bits per heavy atom. The minimum atomic E-state index is -0.532. The number of likely N-dealkylation sites (N-methyl/N-ethyl adjacent to an activating group) is 1. The smallest absolute Gasteiger partial charge is 0.329 e. The van der Waals surface area contributed by atoms with Crippen LogP contribution in [0.15, 0.2) is 11.6 Å². The highest BCUT2D eigenvalue weighted by molar-refractivity contribution is 5.96. The third kappa shape index (κ3) is 12.4. The predicted molar refractivity (Wildman–Crippen MR) is 160 cm³/mol. The quantitative estimate of drug-likeness (QED) is 0.257. The first-order valence-corrected chi connectivity index (χ1v) is 15.4. The number of amides is 3. The van der Waals surface area contributed by atoms with Crippen molar-refractivity contribution in [3.05, 3.63) is 11.6 Å². The van der Waals surface area contributed by atoms with E-state index < -0.39 is 6.04 Å². The first-order chi connectivity index (χ1) is 19.1. The Morgan fingerprint density at radius 3 is 2.08 bits per heavy atom. The highest BCUT2D eigenvalue weighted by Gasteiger charge is 2.37. The van der Waals surface area contributed by atoms with Crippen LogP contribution in [0, 0.1) is 5.92 Å². The summed E-state index contributed by atoms with van der Waals surface area (Å²) in [6.07, 6.45) is 13.1. The lowest BCUT2D eigenvalue weighted by atomic mass is 9.99. The molecule has 0 spiro atoms. The molecule has 3 rings (SSSR count). The number of hydrogen-bond acceptors (Lipinski definition) is 6. The second-order valence-corrected chi connectivity index (χ2v) is 11.7. The van der Waals surface area contributed by atoms with Gasteiger partial charge in [0, 0.05) is 19.2 Å². The van der Waals surface area contributed by atoms with Crippen molar-refractivity contribution in [1.82, 2.24) is 20.0 Å². The number of hydrogen-bond donors (Lipinski definition) is 1. The van der Waals surface area contributed by atoms with Crippen LogP contribution in [-0.2, 0) is 23.9 Å². The number of carbonyl (C=O) groups excluding carboxylic acids is 4. The molecule has 0 radical (unpaired) electrons. The van der Waals surface area contributed by atoms with E-state index in [1.807, 2.05) is 13.8 Å². The van der Waals surface area contributed by atoms with Crippen molar-refractivity contribution in [1.29, 1.82) is 0 Å². The molecule has 1 N–H and O–H groups in total. The summed E-state index contributed by atoms with van der Waals surface area (Å²) in [5, 5.41) is 2.37. The normalized spacial score (nSPS) is 20.6. The summed E-state index contributed by atoms with van der Waals surface area (Å²) in [7, 11) is 3.85. The van der Waals surface area contributed by atoms with Crippen molar-refractivity contribution < 1.29 is 23.9 Å². The fraction of sp³-hybridized carbons (Fsp3) is 0.806. The van der Waals surface area contributed by atoms with E-state index in [2.05, 4.69) is 31.1 Å². The second kappa shape index (κ2) is 19.6. The van der Waals surface area contributed by atoms with Gasteiger partial charge < -0.3 is 24.8 Å². The zero-order valence-electron chi connectivity index (χ0n) is 26.2. The number of ether oxygens (including phenoxy) is 1. The lowest BCUT2D eigenvalue weighted by Gasteiger charge is -2.30. The summed E-state index contributed by atoms with van der Waals surface area (Å²) in [5.74, 6) is -0.664. The average molecular weight is 565 g/mol. The van der Waals surface area contributed by atoms with E-state index in [0.717, 1.165) is 32.1 Å². The van der Waals surface area contributed by atoms with E-state index in [1.165, 1.54) is 43.7 Å². The second-order valence-electron chi connectivity index (χ2n) is 11.7. The minimum absolute atomic E-state index is 0.0170. The Morgan fingerprint density at radius 2 is 1.57 bits per heavy atom. The molecule has 9 heteroatoms. The molecule has 3 amide bonds. The Kier molecular flexibility index (Phi) is 17.5. The highest BCUT2D eigenvalue weighted by Crippen LogP contribution is 2.26. The lowest BCUT2D eigenvalue weighted by molar-refractivity contribution is -0.157. The van der Waals surface area contributed by atoms with Gasteiger partial charge in [0.25, 0.3) is 0 Å². The Balaban J connectivity index is 0.000000673. The number of esters is 1. The summed E-state index contributed by atoms with van der Waals surface area (Å²) in [5.41, 5.74) is 0.497. The molecular formula is C31H56N4O5. The topological polar surface area (TPSA) is 99.3 Å². The first kappa shape index (κ1) is 35.6. The van der Waals surface area contributed by atoms with E-state index in [1.54, 1.807) is 24.9 Å². The minimum Gasteiger partial charge on any atom is -0.461 e. The molecule has 3 fully saturated rings. The maximum Gasteiger partial charge on any atom is 0.329 e. The number of rotatable bonds is 9. The molecule has 9 nitrogen and oxygen atoms in total. The van der Waals surface area contributed by atoms with Crippen molar-refractivity contribution in [2.45, 2.75) is 117 Å². The number of likely N-dealkylation sites (tertiary alicyclic amines) is 2. The van der Waals surface area contributed by atoms with Crippen LogP contribution in [0.25, 0.3) is 0 Å². The third-order valence-corrected chi connectivity index (χ3v) is 7.57. The van der Waals surface area contributed by atoms with Crippen LogP contribution in [0.5, 0.6) is 0 Å². The molecule has 2 atom stereocenters. The van der Waals surface area contributed by atoms with Gasteiger partial charge in [-0.25, -0.2) is 4.79 Å². The van der Waals surface area contributed by atoms with Gasteiger partial charge in [-0.3, -0.25) is 14.4 Å². The van der Waals surface area contributed by atoms with Crippen LogP contribution in [0.2, 0.25) is 0 Å². The molecule has 2 heterocycles. The van der Waals surface area contributed by atoms with E-state index in [9.17, 15) is 19.2 Å². The van der Waals surface area contributed by atoms with Crippen molar-refractivity contribution >= 4 is 24.2 Å². The molecular weight excluding hydrogens is 508 g/mol.